The van der Waals surface area contributed by atoms with Gasteiger partial charge in [0.15, 0.2) is 24.3 Å². The van der Waals surface area contributed by atoms with E-state index in [1.54, 1.807) is 53.6 Å². The number of aldehydes is 1. The number of pyridine rings is 1. The molecule has 72 heavy (non-hydrogen) atoms. The lowest BCUT2D eigenvalue weighted by Crippen LogP contribution is -2.66. The van der Waals surface area contributed by atoms with Crippen LogP contribution in [0.25, 0.3) is 10.9 Å². The van der Waals surface area contributed by atoms with Gasteiger partial charge in [-0.15, -0.1) is 0 Å². The summed E-state index contributed by atoms with van der Waals surface area (Å²) in [6.45, 7) is 12.5. The lowest BCUT2D eigenvalue weighted by Gasteiger charge is -2.50. The number of para-hydroxylation sites is 1. The summed E-state index contributed by atoms with van der Waals surface area (Å²) in [6, 6.07) is 9.10. The second-order valence-corrected chi connectivity index (χ2v) is 20.3. The second-order valence-electron chi connectivity index (χ2n) is 20.3. The number of nitrogens with zero attached hydrogens (tertiary/aromatic N) is 3. The molecule has 3 aliphatic heterocycles. The van der Waals surface area contributed by atoms with E-state index in [-0.39, 0.29) is 38.0 Å². The average Bonchev–Trinajstić information content (AvgIpc) is 3.32. The highest BCUT2D eigenvalue weighted by molar-refractivity contribution is 5.78. The Labute approximate surface area is 424 Å². The van der Waals surface area contributed by atoms with Crippen LogP contribution in [0.5, 0.6) is 0 Å². The Hall–Kier alpha value is -4.18. The van der Waals surface area contributed by atoms with Crippen molar-refractivity contribution in [2.75, 3.05) is 41.3 Å². The predicted octanol–water partition coefficient (Wildman–Crippen LogP) is 4.71. The average molecular weight is 1020 g/mol. The van der Waals surface area contributed by atoms with E-state index in [4.69, 9.17) is 42.6 Å². The highest BCUT2D eigenvalue weighted by atomic mass is 16.7. The molecule has 19 heteroatoms. The van der Waals surface area contributed by atoms with Gasteiger partial charge in [0.1, 0.15) is 36.8 Å². The van der Waals surface area contributed by atoms with E-state index < -0.39 is 121 Å². The summed E-state index contributed by atoms with van der Waals surface area (Å²) in [5.74, 6) is -3.42. The van der Waals surface area contributed by atoms with Crippen LogP contribution >= 0.6 is 0 Å². The summed E-state index contributed by atoms with van der Waals surface area (Å²) in [5.41, 5.74) is 0.536. The van der Waals surface area contributed by atoms with Crippen LogP contribution in [0.2, 0.25) is 0 Å². The maximum absolute atomic E-state index is 14.2. The number of esters is 4. The van der Waals surface area contributed by atoms with Crippen molar-refractivity contribution in [1.82, 2.24) is 14.8 Å². The van der Waals surface area contributed by atoms with Gasteiger partial charge < -0.3 is 67.4 Å². The molecular weight excluding hydrogens is 935 g/mol. The highest BCUT2D eigenvalue weighted by Gasteiger charge is 2.54. The summed E-state index contributed by atoms with van der Waals surface area (Å²) in [5, 5.41) is 25.0. The number of methoxy groups -OCH3 is 1. The summed E-state index contributed by atoms with van der Waals surface area (Å²) < 4.78 is 56.2. The molecule has 0 bridgehead atoms. The lowest BCUT2D eigenvalue weighted by molar-refractivity contribution is -0.344. The van der Waals surface area contributed by atoms with Gasteiger partial charge >= 0.3 is 23.9 Å². The van der Waals surface area contributed by atoms with Gasteiger partial charge in [0.2, 0.25) is 0 Å². The first-order valence-electron chi connectivity index (χ1n) is 25.6. The van der Waals surface area contributed by atoms with Gasteiger partial charge in [0.25, 0.3) is 0 Å². The normalized spacial score (nSPS) is 34.8. The van der Waals surface area contributed by atoms with E-state index in [0.717, 1.165) is 22.8 Å². The van der Waals surface area contributed by atoms with Gasteiger partial charge in [0.05, 0.1) is 42.4 Å². The largest absolute Gasteiger partial charge is 0.462 e. The standard InChI is InChI=1S/C53H81N3O16/c1-12-42(60)68-41-27-44(62)67-38(21-20-35-26-36-17-14-15-19-39(36)54-29-35)18-16-23-56(10)30-40(59)31(3)25-37(22-24-57)49(50(41)64-11)71-52-47(63)46(55(8)9)48(32(4)66-52)70-45-28-53(7,72-34(6)58)51(33(5)65-45)69-43(61)13-2/h14-15,17,19,24,26,29,31-33,37-38,40-41,45-52,59,63H,12-13,16,18,20-23,25,27-28,30H2,1-11H3/t31-,32?,33?,37+,38-,40+,41-,45+,46?,47?,48-,49+,50+,51+,52+,53?/m1/s1. The molecule has 5 unspecified atom stereocenters. The Kier molecular flexibility index (Phi) is 22.3. The summed E-state index contributed by atoms with van der Waals surface area (Å²) in [4.78, 5) is 73.3. The fraction of sp³-hybridized carbons (Fsp3) is 0.736. The van der Waals surface area contributed by atoms with Crippen molar-refractivity contribution in [2.24, 2.45) is 11.8 Å². The number of ether oxygens (including phenoxy) is 9. The molecule has 0 saturated carbocycles. The Morgan fingerprint density at radius 1 is 0.986 bits per heavy atom. The molecule has 1 aromatic carbocycles. The van der Waals surface area contributed by atoms with Crippen molar-refractivity contribution in [3.63, 3.8) is 0 Å². The number of benzene rings is 1. The molecule has 0 aliphatic carbocycles. The van der Waals surface area contributed by atoms with E-state index >= 15 is 0 Å². The minimum atomic E-state index is -1.44. The number of hydrogen-bond donors (Lipinski definition) is 2. The van der Waals surface area contributed by atoms with Crippen LogP contribution < -0.4 is 0 Å². The van der Waals surface area contributed by atoms with Gasteiger partial charge in [-0.1, -0.05) is 39.0 Å². The fourth-order valence-corrected chi connectivity index (χ4v) is 10.5. The highest BCUT2D eigenvalue weighted by Crippen LogP contribution is 2.39. The van der Waals surface area contributed by atoms with E-state index in [9.17, 15) is 34.2 Å². The minimum absolute atomic E-state index is 0.0215. The molecule has 3 saturated heterocycles. The van der Waals surface area contributed by atoms with E-state index in [1.807, 2.05) is 49.3 Å². The topological polar surface area (TPSA) is 228 Å². The minimum Gasteiger partial charge on any atom is -0.462 e. The van der Waals surface area contributed by atoms with Crippen molar-refractivity contribution in [3.05, 3.63) is 42.1 Å². The monoisotopic (exact) mass is 1020 g/mol. The number of β-amino-alcohol motifs (C(OH)–C–C–N with tert-alkyl or cyclic N) is 1. The fourth-order valence-electron chi connectivity index (χ4n) is 10.5. The molecule has 404 valence electrons. The number of fused-ring (bicyclic) bond motifs is 1. The van der Waals surface area contributed by atoms with E-state index in [2.05, 4.69) is 11.1 Å². The van der Waals surface area contributed by atoms with Crippen LogP contribution in [0.1, 0.15) is 112 Å². The van der Waals surface area contributed by atoms with Crippen LogP contribution in [-0.4, -0.2) is 182 Å². The zero-order chi connectivity index (χ0) is 52.9. The molecule has 2 aromatic rings. The zero-order valence-corrected chi connectivity index (χ0v) is 44.1. The second kappa shape index (κ2) is 27.4. The van der Waals surface area contributed by atoms with Gasteiger partial charge in [-0.2, -0.15) is 0 Å². The molecule has 0 spiro atoms. The Balaban J connectivity index is 1.46. The van der Waals surface area contributed by atoms with Crippen LogP contribution in [-0.2, 0) is 73.0 Å². The van der Waals surface area contributed by atoms with Gasteiger partial charge in [-0.3, -0.25) is 24.2 Å². The number of aliphatic hydroxyl groups excluding tert-OH is 2. The SMILES string of the molecule is CCC(=O)O[C@@H]1CC(=O)O[C@@H](CCc2cnc3ccccc3c2)CCCN(C)C[C@H](O)[C@H](C)C[C@H](CC=O)[C@H](O[C@@H]2OC(C)[C@@H](O[C@H]3CC(C)(OC(C)=O)[C@@H](OC(=O)CC)C(C)O3)C(N(C)C)C2O)[C@H]1OC. The van der Waals surface area contributed by atoms with Crippen LogP contribution in [0.4, 0.5) is 0 Å². The number of likely N-dealkylation sites (N-methyl/N-ethyl adjacent to an activating group) is 2. The maximum atomic E-state index is 14.2. The van der Waals surface area contributed by atoms with Gasteiger partial charge in [-0.05, 0) is 110 Å². The van der Waals surface area contributed by atoms with E-state index in [0.29, 0.717) is 38.8 Å². The Bertz CT molecular complexity index is 2080. The van der Waals surface area contributed by atoms with Crippen molar-refractivity contribution in [2.45, 2.75) is 198 Å². The number of rotatable bonds is 16. The Morgan fingerprint density at radius 2 is 1.69 bits per heavy atom. The third-order valence-electron chi connectivity index (χ3n) is 14.2. The summed E-state index contributed by atoms with van der Waals surface area (Å²) >= 11 is 0. The molecule has 19 nitrogen and oxygen atoms in total. The first kappa shape index (κ1) is 58.7. The number of carbonyl (C=O) groups excluding carboxylic acids is 5. The smallest absolute Gasteiger partial charge is 0.309 e. The molecule has 5 rings (SSSR count). The van der Waals surface area contributed by atoms with Crippen LogP contribution in [0.3, 0.4) is 0 Å². The third kappa shape index (κ3) is 15.9. The van der Waals surface area contributed by atoms with Crippen molar-refractivity contribution in [1.29, 1.82) is 0 Å². The van der Waals surface area contributed by atoms with E-state index in [1.165, 1.54) is 14.0 Å². The van der Waals surface area contributed by atoms with Crippen LogP contribution in [0, 0.1) is 11.8 Å². The van der Waals surface area contributed by atoms with Crippen molar-refractivity contribution < 1.29 is 76.8 Å². The Morgan fingerprint density at radius 3 is 2.36 bits per heavy atom. The van der Waals surface area contributed by atoms with Gasteiger partial charge in [-0.25, -0.2) is 0 Å². The quantitative estimate of drug-likeness (QED) is 0.132. The summed E-state index contributed by atoms with van der Waals surface area (Å²) in [6.07, 6.45) is -7.63. The number of carbonyl (C=O) groups is 5. The number of hydrogen-bond acceptors (Lipinski definition) is 19. The number of aromatic nitrogens is 1. The molecule has 0 amide bonds. The molecule has 0 radical (unpaired) electrons. The molecule has 4 heterocycles. The van der Waals surface area contributed by atoms with Gasteiger partial charge in [0, 0.05) is 57.8 Å². The molecule has 2 N–H and O–H groups in total. The summed E-state index contributed by atoms with van der Waals surface area (Å²) in [7, 11) is 6.82. The number of aliphatic hydroxyl groups is 2. The first-order chi connectivity index (χ1) is 34.2. The van der Waals surface area contributed by atoms with Crippen LogP contribution in [0.15, 0.2) is 36.5 Å². The maximum Gasteiger partial charge on any atom is 0.309 e. The number of cyclic esters (lactones) is 1. The van der Waals surface area contributed by atoms with Crippen molar-refractivity contribution in [3.8, 4) is 0 Å². The third-order valence-corrected chi connectivity index (χ3v) is 14.2. The molecule has 3 fully saturated rings. The lowest BCUT2D eigenvalue weighted by atomic mass is 9.82. The molecular formula is C53H81N3O16. The predicted molar refractivity (Wildman–Crippen MR) is 263 cm³/mol. The first-order valence-corrected chi connectivity index (χ1v) is 25.6. The molecule has 3 aliphatic rings. The number of aryl methyl sites for hydroxylation is 1. The van der Waals surface area contributed by atoms with Crippen molar-refractivity contribution >= 4 is 41.1 Å². The zero-order valence-electron chi connectivity index (χ0n) is 44.1. The molecule has 16 atom stereocenters. The molecule has 1 aromatic heterocycles.